The van der Waals surface area contributed by atoms with Crippen molar-refractivity contribution in [1.29, 1.82) is 0 Å². The van der Waals surface area contributed by atoms with E-state index in [-0.39, 0.29) is 29.6 Å². The fourth-order valence-electron chi connectivity index (χ4n) is 3.10. The average Bonchev–Trinajstić information content (AvgIpc) is 3.21. The number of aromatic nitrogens is 1. The van der Waals surface area contributed by atoms with Gasteiger partial charge in [0.15, 0.2) is 9.84 Å². The SMILES string of the molecule is CN(C(=O)c1ccc(NCC2CCCO2)nc1)C1CCS(=O)(=O)C1. The molecule has 132 valence electrons. The van der Waals surface area contributed by atoms with E-state index in [1.54, 1.807) is 19.2 Å². The zero-order valence-electron chi connectivity index (χ0n) is 13.8. The molecule has 1 aromatic rings. The summed E-state index contributed by atoms with van der Waals surface area (Å²) in [5, 5.41) is 3.21. The quantitative estimate of drug-likeness (QED) is 0.847. The number of sulfone groups is 1. The number of carbonyl (C=O) groups is 1. The summed E-state index contributed by atoms with van der Waals surface area (Å²) in [7, 11) is -1.36. The number of anilines is 1. The van der Waals surface area contributed by atoms with Crippen LogP contribution in [0.2, 0.25) is 0 Å². The van der Waals surface area contributed by atoms with Crippen molar-refractivity contribution < 1.29 is 17.9 Å². The van der Waals surface area contributed by atoms with Gasteiger partial charge in [0, 0.05) is 32.4 Å². The van der Waals surface area contributed by atoms with Crippen LogP contribution in [0.1, 0.15) is 29.6 Å². The maximum absolute atomic E-state index is 12.5. The van der Waals surface area contributed by atoms with Crippen molar-refractivity contribution in [3.05, 3.63) is 23.9 Å². The summed E-state index contributed by atoms with van der Waals surface area (Å²) in [6, 6.07) is 3.23. The maximum atomic E-state index is 12.5. The smallest absolute Gasteiger partial charge is 0.255 e. The third-order valence-corrected chi connectivity index (χ3v) is 6.37. The van der Waals surface area contributed by atoms with Crippen LogP contribution in [0.5, 0.6) is 0 Å². The van der Waals surface area contributed by atoms with Gasteiger partial charge >= 0.3 is 0 Å². The third kappa shape index (κ3) is 4.05. The lowest BCUT2D eigenvalue weighted by Gasteiger charge is -2.23. The molecule has 1 N–H and O–H groups in total. The van der Waals surface area contributed by atoms with Crippen LogP contribution in [0.3, 0.4) is 0 Å². The second-order valence-electron chi connectivity index (χ2n) is 6.42. The normalized spacial score (nSPS) is 25.5. The lowest BCUT2D eigenvalue weighted by atomic mass is 10.2. The summed E-state index contributed by atoms with van der Waals surface area (Å²) in [5.74, 6) is 0.701. The highest BCUT2D eigenvalue weighted by Crippen LogP contribution is 2.19. The van der Waals surface area contributed by atoms with Crippen LogP contribution in [0.15, 0.2) is 18.3 Å². The molecule has 2 aliphatic heterocycles. The number of carbonyl (C=O) groups excluding carboxylic acids is 1. The van der Waals surface area contributed by atoms with Gasteiger partial charge in [-0.25, -0.2) is 13.4 Å². The minimum atomic E-state index is -3.01. The van der Waals surface area contributed by atoms with E-state index in [2.05, 4.69) is 10.3 Å². The van der Waals surface area contributed by atoms with Gasteiger partial charge in [-0.2, -0.15) is 0 Å². The number of nitrogens with zero attached hydrogens (tertiary/aromatic N) is 2. The molecule has 1 amide bonds. The van der Waals surface area contributed by atoms with Crippen LogP contribution in [0.25, 0.3) is 0 Å². The number of amides is 1. The zero-order chi connectivity index (χ0) is 17.2. The Morgan fingerprint density at radius 2 is 2.25 bits per heavy atom. The van der Waals surface area contributed by atoms with E-state index in [4.69, 9.17) is 4.74 Å². The number of rotatable bonds is 5. The summed E-state index contributed by atoms with van der Waals surface area (Å²) < 4.78 is 28.7. The summed E-state index contributed by atoms with van der Waals surface area (Å²) >= 11 is 0. The Bertz CT molecular complexity index is 684. The first kappa shape index (κ1) is 17.2. The summed E-state index contributed by atoms with van der Waals surface area (Å²) in [4.78, 5) is 18.3. The molecule has 2 fully saturated rings. The van der Waals surface area contributed by atoms with Crippen molar-refractivity contribution in [2.24, 2.45) is 0 Å². The molecule has 2 unspecified atom stereocenters. The van der Waals surface area contributed by atoms with E-state index >= 15 is 0 Å². The van der Waals surface area contributed by atoms with Crippen LogP contribution in [0, 0.1) is 0 Å². The number of nitrogens with one attached hydrogen (secondary N) is 1. The molecule has 0 bridgehead atoms. The van der Waals surface area contributed by atoms with Gasteiger partial charge in [-0.05, 0) is 31.4 Å². The summed E-state index contributed by atoms with van der Waals surface area (Å²) in [6.07, 6.45) is 4.40. The van der Waals surface area contributed by atoms with Crippen LogP contribution < -0.4 is 5.32 Å². The van der Waals surface area contributed by atoms with Crippen LogP contribution in [0.4, 0.5) is 5.82 Å². The van der Waals surface area contributed by atoms with Crippen molar-refractivity contribution in [3.63, 3.8) is 0 Å². The lowest BCUT2D eigenvalue weighted by molar-refractivity contribution is 0.0747. The van der Waals surface area contributed by atoms with Crippen LogP contribution in [-0.4, -0.2) is 68.1 Å². The van der Waals surface area contributed by atoms with Gasteiger partial charge in [-0.3, -0.25) is 4.79 Å². The predicted molar refractivity (Wildman–Crippen MR) is 90.9 cm³/mol. The fraction of sp³-hybridized carbons (Fsp3) is 0.625. The molecule has 2 atom stereocenters. The second-order valence-corrected chi connectivity index (χ2v) is 8.65. The summed E-state index contributed by atoms with van der Waals surface area (Å²) in [5.41, 5.74) is 0.462. The van der Waals surface area contributed by atoms with E-state index in [1.165, 1.54) is 11.1 Å². The largest absolute Gasteiger partial charge is 0.376 e. The first-order valence-corrected chi connectivity index (χ1v) is 10.1. The molecule has 3 heterocycles. The van der Waals surface area contributed by atoms with Gasteiger partial charge in [-0.1, -0.05) is 0 Å². The Morgan fingerprint density at radius 3 is 2.83 bits per heavy atom. The highest BCUT2D eigenvalue weighted by atomic mass is 32.2. The van der Waals surface area contributed by atoms with Crippen molar-refractivity contribution in [2.45, 2.75) is 31.4 Å². The Morgan fingerprint density at radius 1 is 1.42 bits per heavy atom. The highest BCUT2D eigenvalue weighted by Gasteiger charge is 2.33. The Balaban J connectivity index is 1.57. The van der Waals surface area contributed by atoms with Crippen molar-refractivity contribution in [1.82, 2.24) is 9.88 Å². The standard InChI is InChI=1S/C16H23N3O4S/c1-19(13-6-8-24(21,22)11-13)16(20)12-4-5-15(17-9-12)18-10-14-3-2-7-23-14/h4-5,9,13-14H,2-3,6-8,10-11H2,1H3,(H,17,18). The second kappa shape index (κ2) is 7.06. The molecule has 0 saturated carbocycles. The van der Waals surface area contributed by atoms with Gasteiger partial charge in [0.25, 0.3) is 5.91 Å². The molecule has 2 saturated heterocycles. The van der Waals surface area contributed by atoms with E-state index in [9.17, 15) is 13.2 Å². The average molecular weight is 353 g/mol. The van der Waals surface area contributed by atoms with Gasteiger partial charge in [0.1, 0.15) is 5.82 Å². The maximum Gasteiger partial charge on any atom is 0.255 e. The fourth-order valence-corrected chi connectivity index (χ4v) is 4.87. The van der Waals surface area contributed by atoms with E-state index in [1.807, 2.05) is 0 Å². The van der Waals surface area contributed by atoms with E-state index < -0.39 is 9.84 Å². The molecule has 0 aromatic carbocycles. The molecule has 0 spiro atoms. The van der Waals surface area contributed by atoms with Gasteiger partial charge < -0.3 is 15.0 Å². The highest BCUT2D eigenvalue weighted by molar-refractivity contribution is 7.91. The molecule has 8 heteroatoms. The van der Waals surface area contributed by atoms with Gasteiger partial charge in [0.05, 0.1) is 23.2 Å². The van der Waals surface area contributed by atoms with Gasteiger partial charge in [-0.15, -0.1) is 0 Å². The molecule has 7 nitrogen and oxygen atoms in total. The minimum absolute atomic E-state index is 0.0453. The Kier molecular flexibility index (Phi) is 5.05. The topological polar surface area (TPSA) is 88.6 Å². The molecular weight excluding hydrogens is 330 g/mol. The number of pyridine rings is 1. The van der Waals surface area contributed by atoms with Crippen molar-refractivity contribution >= 4 is 21.6 Å². The first-order valence-electron chi connectivity index (χ1n) is 8.24. The number of ether oxygens (including phenoxy) is 1. The minimum Gasteiger partial charge on any atom is -0.376 e. The molecule has 1 aromatic heterocycles. The monoisotopic (exact) mass is 353 g/mol. The zero-order valence-corrected chi connectivity index (χ0v) is 14.6. The van der Waals surface area contributed by atoms with Crippen molar-refractivity contribution in [3.8, 4) is 0 Å². The first-order chi connectivity index (χ1) is 11.4. The third-order valence-electron chi connectivity index (χ3n) is 4.62. The molecular formula is C16H23N3O4S. The number of hydrogen-bond donors (Lipinski definition) is 1. The molecule has 24 heavy (non-hydrogen) atoms. The predicted octanol–water partition coefficient (Wildman–Crippen LogP) is 0.932. The molecule has 3 rings (SSSR count). The Labute approximate surface area is 142 Å². The van der Waals surface area contributed by atoms with Crippen LogP contribution >= 0.6 is 0 Å². The van der Waals surface area contributed by atoms with Crippen LogP contribution in [-0.2, 0) is 14.6 Å². The van der Waals surface area contributed by atoms with Crippen molar-refractivity contribution in [2.75, 3.05) is 37.0 Å². The number of hydrogen-bond acceptors (Lipinski definition) is 6. The lowest BCUT2D eigenvalue weighted by Crippen LogP contribution is -2.37. The molecule has 0 aliphatic carbocycles. The Hall–Kier alpha value is -1.67. The van der Waals surface area contributed by atoms with E-state index in [0.717, 1.165) is 19.4 Å². The molecule has 0 radical (unpaired) electrons. The van der Waals surface area contributed by atoms with Gasteiger partial charge in [0.2, 0.25) is 0 Å². The molecule has 2 aliphatic rings. The summed E-state index contributed by atoms with van der Waals surface area (Å²) in [6.45, 7) is 1.52. The van der Waals surface area contributed by atoms with E-state index in [0.29, 0.717) is 24.3 Å².